The number of nitrogens with zero attached hydrogens (tertiary/aromatic N) is 1. The van der Waals surface area contributed by atoms with Gasteiger partial charge < -0.3 is 14.2 Å². The monoisotopic (exact) mass is 425 g/mol. The van der Waals surface area contributed by atoms with E-state index in [4.69, 9.17) is 14.2 Å². The van der Waals surface area contributed by atoms with Crippen molar-refractivity contribution < 1.29 is 19.0 Å². The lowest BCUT2D eigenvalue weighted by atomic mass is 10.1. The molecule has 3 aromatic rings. The van der Waals surface area contributed by atoms with Gasteiger partial charge in [-0.1, -0.05) is 60.7 Å². The molecule has 1 aliphatic heterocycles. The highest BCUT2D eigenvalue weighted by Crippen LogP contribution is 2.25. The van der Waals surface area contributed by atoms with Crippen molar-refractivity contribution in [3.8, 4) is 11.5 Å². The standard InChI is InChI=1S/C27H23NO4/c1-2-10-20-11-6-8-15-24(20)30-17-18-31-25-16-9-7-14-22(25)19-23-27(29)32-26(28-23)21-12-4-3-5-13-21/h2-9,11-16,19H,1,10,17-18H2. The van der Waals surface area contributed by atoms with Gasteiger partial charge in [0.05, 0.1) is 0 Å². The number of esters is 1. The molecule has 4 rings (SSSR count). The number of para-hydroxylation sites is 2. The molecule has 3 aromatic carbocycles. The Morgan fingerprint density at radius 3 is 2.28 bits per heavy atom. The summed E-state index contributed by atoms with van der Waals surface area (Å²) < 4.78 is 17.1. The van der Waals surface area contributed by atoms with Crippen LogP contribution < -0.4 is 9.47 Å². The molecule has 1 heterocycles. The second kappa shape index (κ2) is 10.3. The molecule has 0 N–H and O–H groups in total. The molecule has 0 bridgehead atoms. The zero-order chi connectivity index (χ0) is 22.2. The molecule has 1 aliphatic rings. The van der Waals surface area contributed by atoms with Gasteiger partial charge in [-0.05, 0) is 42.3 Å². The van der Waals surface area contributed by atoms with E-state index < -0.39 is 5.97 Å². The number of benzene rings is 3. The summed E-state index contributed by atoms with van der Waals surface area (Å²) in [5.74, 6) is 1.27. The molecule has 0 spiro atoms. The van der Waals surface area contributed by atoms with E-state index in [0.717, 1.165) is 28.9 Å². The maximum Gasteiger partial charge on any atom is 0.363 e. The van der Waals surface area contributed by atoms with Crippen LogP contribution in [0.15, 0.2) is 102 Å². The summed E-state index contributed by atoms with van der Waals surface area (Å²) in [4.78, 5) is 16.7. The molecule has 5 nitrogen and oxygen atoms in total. The van der Waals surface area contributed by atoms with Gasteiger partial charge in [0.1, 0.15) is 24.7 Å². The maximum atomic E-state index is 12.3. The van der Waals surface area contributed by atoms with E-state index in [9.17, 15) is 4.79 Å². The molecule has 0 fully saturated rings. The second-order valence-corrected chi connectivity index (χ2v) is 7.04. The summed E-state index contributed by atoms with van der Waals surface area (Å²) in [6.45, 7) is 4.52. The predicted octanol–water partition coefficient (Wildman–Crippen LogP) is 5.22. The smallest absolute Gasteiger partial charge is 0.363 e. The van der Waals surface area contributed by atoms with Gasteiger partial charge in [0.15, 0.2) is 5.70 Å². The molecule has 0 aromatic heterocycles. The van der Waals surface area contributed by atoms with Crippen molar-refractivity contribution in [2.45, 2.75) is 6.42 Å². The average molecular weight is 425 g/mol. The third kappa shape index (κ3) is 5.13. The molecule has 0 amide bonds. The van der Waals surface area contributed by atoms with E-state index in [1.807, 2.05) is 84.9 Å². The number of ether oxygens (including phenoxy) is 3. The number of cyclic esters (lactones) is 1. The van der Waals surface area contributed by atoms with Crippen molar-refractivity contribution in [2.75, 3.05) is 13.2 Å². The summed E-state index contributed by atoms with van der Waals surface area (Å²) in [5, 5.41) is 0. The van der Waals surface area contributed by atoms with Crippen LogP contribution in [0.5, 0.6) is 11.5 Å². The van der Waals surface area contributed by atoms with E-state index in [-0.39, 0.29) is 5.70 Å². The third-order valence-corrected chi connectivity index (χ3v) is 4.79. The topological polar surface area (TPSA) is 57.1 Å². The zero-order valence-corrected chi connectivity index (χ0v) is 17.6. The Morgan fingerprint density at radius 2 is 1.50 bits per heavy atom. The average Bonchev–Trinajstić information content (AvgIpc) is 3.19. The summed E-state index contributed by atoms with van der Waals surface area (Å²) in [6, 6.07) is 24.7. The highest BCUT2D eigenvalue weighted by atomic mass is 16.6. The number of carbonyl (C=O) groups excluding carboxylic acids is 1. The second-order valence-electron chi connectivity index (χ2n) is 7.04. The summed E-state index contributed by atoms with van der Waals surface area (Å²) in [6.07, 6.45) is 4.27. The van der Waals surface area contributed by atoms with Crippen molar-refractivity contribution in [3.63, 3.8) is 0 Å². The van der Waals surface area contributed by atoms with Crippen LogP contribution in [0.3, 0.4) is 0 Å². The van der Waals surface area contributed by atoms with Crippen LogP contribution in [-0.4, -0.2) is 25.1 Å². The lowest BCUT2D eigenvalue weighted by molar-refractivity contribution is -0.129. The SMILES string of the molecule is C=CCc1ccccc1OCCOc1ccccc1C=C1N=C(c2ccccc2)OC1=O. The molecule has 0 saturated carbocycles. The molecule has 5 heteroatoms. The Labute approximate surface area is 187 Å². The molecular weight excluding hydrogens is 402 g/mol. The van der Waals surface area contributed by atoms with Crippen LogP contribution in [0.4, 0.5) is 0 Å². The van der Waals surface area contributed by atoms with Gasteiger partial charge in [-0.15, -0.1) is 6.58 Å². The molecule has 32 heavy (non-hydrogen) atoms. The number of carbonyl (C=O) groups is 1. The van der Waals surface area contributed by atoms with E-state index in [2.05, 4.69) is 11.6 Å². The molecule has 160 valence electrons. The summed E-state index contributed by atoms with van der Waals surface area (Å²) in [7, 11) is 0. The Hall–Kier alpha value is -4.12. The van der Waals surface area contributed by atoms with E-state index >= 15 is 0 Å². The van der Waals surface area contributed by atoms with Crippen LogP contribution in [-0.2, 0) is 16.0 Å². The molecular formula is C27H23NO4. The minimum absolute atomic E-state index is 0.231. The fourth-order valence-corrected chi connectivity index (χ4v) is 3.26. The van der Waals surface area contributed by atoms with E-state index in [1.165, 1.54) is 0 Å². The number of allylic oxidation sites excluding steroid dienone is 1. The molecule has 0 aliphatic carbocycles. The summed E-state index contributed by atoms with van der Waals surface area (Å²) >= 11 is 0. The van der Waals surface area contributed by atoms with Crippen LogP contribution in [0, 0.1) is 0 Å². The van der Waals surface area contributed by atoms with Crippen molar-refractivity contribution >= 4 is 17.9 Å². The molecule has 0 radical (unpaired) electrons. The lowest BCUT2D eigenvalue weighted by Gasteiger charge is -2.12. The Kier molecular flexibility index (Phi) is 6.78. The van der Waals surface area contributed by atoms with Gasteiger partial charge in [-0.3, -0.25) is 0 Å². The fraction of sp³-hybridized carbons (Fsp3) is 0.111. The van der Waals surface area contributed by atoms with Gasteiger partial charge in [0.25, 0.3) is 0 Å². The van der Waals surface area contributed by atoms with Gasteiger partial charge in [-0.2, -0.15) is 0 Å². The number of hydrogen-bond donors (Lipinski definition) is 0. The molecule has 0 saturated heterocycles. The van der Waals surface area contributed by atoms with Gasteiger partial charge in [0, 0.05) is 11.1 Å². The third-order valence-electron chi connectivity index (χ3n) is 4.79. The molecule has 0 unspecified atom stereocenters. The first-order valence-corrected chi connectivity index (χ1v) is 10.4. The first-order chi connectivity index (χ1) is 15.7. The first-order valence-electron chi connectivity index (χ1n) is 10.4. The number of hydrogen-bond acceptors (Lipinski definition) is 5. The fourth-order valence-electron chi connectivity index (χ4n) is 3.26. The highest BCUT2D eigenvalue weighted by Gasteiger charge is 2.24. The highest BCUT2D eigenvalue weighted by molar-refractivity contribution is 6.12. The van der Waals surface area contributed by atoms with Gasteiger partial charge >= 0.3 is 5.97 Å². The van der Waals surface area contributed by atoms with Gasteiger partial charge in [-0.25, -0.2) is 9.79 Å². The predicted molar refractivity (Wildman–Crippen MR) is 125 cm³/mol. The zero-order valence-electron chi connectivity index (χ0n) is 17.6. The van der Waals surface area contributed by atoms with Crippen LogP contribution in [0.25, 0.3) is 6.08 Å². The van der Waals surface area contributed by atoms with Crippen molar-refractivity contribution in [1.82, 2.24) is 0 Å². The van der Waals surface area contributed by atoms with Crippen LogP contribution in [0.1, 0.15) is 16.7 Å². The maximum absolute atomic E-state index is 12.3. The Balaban J connectivity index is 1.43. The van der Waals surface area contributed by atoms with Crippen LogP contribution in [0.2, 0.25) is 0 Å². The van der Waals surface area contributed by atoms with Crippen molar-refractivity contribution in [1.29, 1.82) is 0 Å². The summed E-state index contributed by atoms with van der Waals surface area (Å²) in [5.41, 5.74) is 2.81. The Morgan fingerprint density at radius 1 is 0.844 bits per heavy atom. The van der Waals surface area contributed by atoms with Crippen molar-refractivity contribution in [2.24, 2.45) is 4.99 Å². The largest absolute Gasteiger partial charge is 0.490 e. The van der Waals surface area contributed by atoms with E-state index in [1.54, 1.807) is 6.08 Å². The minimum Gasteiger partial charge on any atom is -0.490 e. The minimum atomic E-state index is -0.485. The Bertz CT molecular complexity index is 1170. The first kappa shape index (κ1) is 21.1. The van der Waals surface area contributed by atoms with E-state index in [0.29, 0.717) is 24.9 Å². The van der Waals surface area contributed by atoms with Gasteiger partial charge in [0.2, 0.25) is 5.90 Å². The quantitative estimate of drug-likeness (QED) is 0.204. The van der Waals surface area contributed by atoms with Crippen molar-refractivity contribution in [3.05, 3.63) is 114 Å². The lowest BCUT2D eigenvalue weighted by Crippen LogP contribution is -2.10. The normalized spacial score (nSPS) is 14.1. The van der Waals surface area contributed by atoms with Crippen LogP contribution >= 0.6 is 0 Å². The number of aliphatic imine (C=N–C) groups is 1. The number of rotatable bonds is 9. The molecule has 0 atom stereocenters.